The maximum atomic E-state index is 12.0. The first-order valence-corrected chi connectivity index (χ1v) is 7.64. The number of nitrogens with zero attached hydrogens (tertiary/aromatic N) is 1. The summed E-state index contributed by atoms with van der Waals surface area (Å²) < 4.78 is 26.3. The highest BCUT2D eigenvalue weighted by Crippen LogP contribution is 2.15. The predicted octanol–water partition coefficient (Wildman–Crippen LogP) is 1.65. The first kappa shape index (κ1) is 16.3. The van der Waals surface area contributed by atoms with Crippen molar-refractivity contribution in [2.24, 2.45) is 5.41 Å². The Bertz CT molecular complexity index is 620. The van der Waals surface area contributed by atoms with Crippen molar-refractivity contribution >= 4 is 15.8 Å². The molecule has 6 heteroatoms. The van der Waals surface area contributed by atoms with Gasteiger partial charge in [-0.2, -0.15) is 5.26 Å². The summed E-state index contributed by atoms with van der Waals surface area (Å²) in [7, 11) is -3.70. The number of hydrogen-bond donors (Lipinski definition) is 1. The molecule has 0 aliphatic rings. The molecule has 1 N–H and O–H groups in total. The van der Waals surface area contributed by atoms with Gasteiger partial charge in [-0.1, -0.05) is 32.9 Å². The quantitative estimate of drug-likeness (QED) is 0.894. The number of sulfonamides is 1. The van der Waals surface area contributed by atoms with Crippen LogP contribution in [0.5, 0.6) is 0 Å². The molecule has 0 amide bonds. The Kier molecular flexibility index (Phi) is 5.03. The van der Waals surface area contributed by atoms with E-state index in [1.54, 1.807) is 32.9 Å². The van der Waals surface area contributed by atoms with E-state index in [4.69, 9.17) is 5.26 Å². The molecule has 0 heterocycles. The third kappa shape index (κ3) is 4.44. The topological polar surface area (TPSA) is 87.0 Å². The van der Waals surface area contributed by atoms with E-state index in [1.807, 2.05) is 6.07 Å². The van der Waals surface area contributed by atoms with Crippen molar-refractivity contribution in [2.45, 2.75) is 32.1 Å². The lowest BCUT2D eigenvalue weighted by atomic mass is 9.91. The fraction of sp³-hybridized carbons (Fsp3) is 0.429. The summed E-state index contributed by atoms with van der Waals surface area (Å²) in [6, 6.07) is 8.02. The number of hydrogen-bond acceptors (Lipinski definition) is 4. The molecule has 1 aromatic carbocycles. The molecule has 1 rings (SSSR count). The van der Waals surface area contributed by atoms with Crippen molar-refractivity contribution in [1.29, 1.82) is 5.26 Å². The van der Waals surface area contributed by atoms with Crippen LogP contribution in [0.2, 0.25) is 0 Å². The third-order valence-electron chi connectivity index (χ3n) is 2.78. The Hall–Kier alpha value is -1.71. The van der Waals surface area contributed by atoms with Crippen LogP contribution in [0.15, 0.2) is 29.2 Å². The molecule has 0 aliphatic heterocycles. The Labute approximate surface area is 119 Å². The summed E-state index contributed by atoms with van der Waals surface area (Å²) in [6.07, 6.45) is 0.232. The molecule has 0 fully saturated rings. The Morgan fingerprint density at radius 2 is 1.80 bits per heavy atom. The molecule has 0 atom stereocenters. The summed E-state index contributed by atoms with van der Waals surface area (Å²) >= 11 is 0. The molecule has 108 valence electrons. The van der Waals surface area contributed by atoms with E-state index >= 15 is 0 Å². The van der Waals surface area contributed by atoms with Crippen molar-refractivity contribution < 1.29 is 13.2 Å². The van der Waals surface area contributed by atoms with Gasteiger partial charge in [-0.15, -0.1) is 0 Å². The van der Waals surface area contributed by atoms with Crippen LogP contribution in [0.4, 0.5) is 0 Å². The molecule has 0 bridgehead atoms. The van der Waals surface area contributed by atoms with Gasteiger partial charge in [0.25, 0.3) is 0 Å². The van der Waals surface area contributed by atoms with Crippen molar-refractivity contribution in [3.05, 3.63) is 29.8 Å². The number of rotatable bonds is 5. The normalized spacial score (nSPS) is 11.9. The summed E-state index contributed by atoms with van der Waals surface area (Å²) in [5, 5.41) is 8.55. The van der Waals surface area contributed by atoms with Crippen molar-refractivity contribution in [3.63, 3.8) is 0 Å². The van der Waals surface area contributed by atoms with Crippen LogP contribution in [-0.2, 0) is 21.2 Å². The van der Waals surface area contributed by atoms with E-state index in [1.165, 1.54) is 12.1 Å². The maximum Gasteiger partial charge on any atom is 0.240 e. The SMILES string of the molecule is CC(C)(C)C(=O)CNS(=O)(=O)c1ccc(CC#N)cc1. The van der Waals surface area contributed by atoms with Crippen molar-refractivity contribution in [1.82, 2.24) is 4.72 Å². The summed E-state index contributed by atoms with van der Waals surface area (Å²) in [4.78, 5) is 11.8. The van der Waals surface area contributed by atoms with Gasteiger partial charge < -0.3 is 0 Å². The van der Waals surface area contributed by atoms with Gasteiger partial charge in [0.1, 0.15) is 0 Å². The number of Topliss-reactive ketones (excluding diaryl/α,β-unsaturated/α-hetero) is 1. The number of carbonyl (C=O) groups is 1. The second-order valence-electron chi connectivity index (χ2n) is 5.48. The second kappa shape index (κ2) is 6.16. The van der Waals surface area contributed by atoms with Crippen molar-refractivity contribution in [3.8, 4) is 6.07 Å². The van der Waals surface area contributed by atoms with E-state index in [9.17, 15) is 13.2 Å². The summed E-state index contributed by atoms with van der Waals surface area (Å²) in [5.41, 5.74) is 0.163. The fourth-order valence-electron chi connectivity index (χ4n) is 1.39. The molecule has 0 spiro atoms. The smallest absolute Gasteiger partial charge is 0.240 e. The average Bonchev–Trinajstić information content (AvgIpc) is 2.36. The molecule has 5 nitrogen and oxygen atoms in total. The zero-order valence-electron chi connectivity index (χ0n) is 11.8. The lowest BCUT2D eigenvalue weighted by Crippen LogP contribution is -2.35. The van der Waals surface area contributed by atoms with Crippen LogP contribution in [0.3, 0.4) is 0 Å². The molecular formula is C14H18N2O3S. The molecular weight excluding hydrogens is 276 g/mol. The first-order valence-electron chi connectivity index (χ1n) is 6.15. The predicted molar refractivity (Wildman–Crippen MR) is 75.4 cm³/mol. The molecule has 0 saturated carbocycles. The molecule has 0 unspecified atom stereocenters. The van der Waals surface area contributed by atoms with Crippen molar-refractivity contribution in [2.75, 3.05) is 6.54 Å². The fourth-order valence-corrected chi connectivity index (χ4v) is 2.37. The average molecular weight is 294 g/mol. The minimum absolute atomic E-state index is 0.0842. The Morgan fingerprint density at radius 3 is 2.25 bits per heavy atom. The van der Waals surface area contributed by atoms with Crippen LogP contribution < -0.4 is 4.72 Å². The van der Waals surface area contributed by atoms with E-state index in [0.717, 1.165) is 5.56 Å². The Balaban J connectivity index is 2.79. The van der Waals surface area contributed by atoms with Gasteiger partial charge in [-0.3, -0.25) is 4.79 Å². The number of nitrogens with one attached hydrogen (secondary N) is 1. The van der Waals surface area contributed by atoms with E-state index in [-0.39, 0.29) is 23.6 Å². The zero-order chi connectivity index (χ0) is 15.4. The highest BCUT2D eigenvalue weighted by molar-refractivity contribution is 7.89. The van der Waals surface area contributed by atoms with Crippen LogP contribution in [-0.4, -0.2) is 20.7 Å². The molecule has 1 aromatic rings. The minimum Gasteiger partial charge on any atom is -0.298 e. The minimum atomic E-state index is -3.70. The summed E-state index contributed by atoms with van der Waals surface area (Å²) in [6.45, 7) is 4.98. The van der Waals surface area contributed by atoms with Crippen LogP contribution >= 0.6 is 0 Å². The highest BCUT2D eigenvalue weighted by atomic mass is 32.2. The largest absolute Gasteiger partial charge is 0.298 e. The third-order valence-corrected chi connectivity index (χ3v) is 4.19. The van der Waals surface area contributed by atoms with Gasteiger partial charge >= 0.3 is 0 Å². The van der Waals surface area contributed by atoms with Gasteiger partial charge in [0.15, 0.2) is 5.78 Å². The molecule has 0 aliphatic carbocycles. The molecule has 0 saturated heterocycles. The number of carbonyl (C=O) groups excluding carboxylic acids is 1. The Morgan fingerprint density at radius 1 is 1.25 bits per heavy atom. The van der Waals surface area contributed by atoms with Gasteiger partial charge in [-0.25, -0.2) is 13.1 Å². The summed E-state index contributed by atoms with van der Waals surface area (Å²) in [5.74, 6) is -0.179. The zero-order valence-corrected chi connectivity index (χ0v) is 12.6. The van der Waals surface area contributed by atoms with Crippen LogP contribution in [0.1, 0.15) is 26.3 Å². The lowest BCUT2D eigenvalue weighted by Gasteiger charge is -2.16. The maximum absolute atomic E-state index is 12.0. The first-order chi connectivity index (χ1) is 9.16. The highest BCUT2D eigenvalue weighted by Gasteiger charge is 2.23. The monoisotopic (exact) mass is 294 g/mol. The molecule has 0 aromatic heterocycles. The van der Waals surface area contributed by atoms with Crippen LogP contribution in [0.25, 0.3) is 0 Å². The van der Waals surface area contributed by atoms with Gasteiger partial charge in [0, 0.05) is 5.41 Å². The lowest BCUT2D eigenvalue weighted by molar-refractivity contribution is -0.125. The van der Waals surface area contributed by atoms with Gasteiger partial charge in [0.2, 0.25) is 10.0 Å². The van der Waals surface area contributed by atoms with E-state index in [2.05, 4.69) is 4.72 Å². The second-order valence-corrected chi connectivity index (χ2v) is 7.24. The standard InChI is InChI=1S/C14H18N2O3S/c1-14(2,3)13(17)10-16-20(18,19)12-6-4-11(5-7-12)8-9-15/h4-7,16H,8,10H2,1-3H3. The van der Waals surface area contributed by atoms with E-state index < -0.39 is 15.4 Å². The van der Waals surface area contributed by atoms with Gasteiger partial charge in [0.05, 0.1) is 23.9 Å². The number of ketones is 1. The molecule has 20 heavy (non-hydrogen) atoms. The number of benzene rings is 1. The van der Waals surface area contributed by atoms with Crippen LogP contribution in [0, 0.1) is 16.7 Å². The van der Waals surface area contributed by atoms with Gasteiger partial charge in [-0.05, 0) is 17.7 Å². The molecule has 0 radical (unpaired) electrons. The number of nitriles is 1. The van der Waals surface area contributed by atoms with E-state index in [0.29, 0.717) is 0 Å².